The Kier molecular flexibility index (Phi) is 6.19. The van der Waals surface area contributed by atoms with E-state index < -0.39 is 22.0 Å². The van der Waals surface area contributed by atoms with Crippen LogP contribution in [0, 0.1) is 0 Å². The van der Waals surface area contributed by atoms with Crippen LogP contribution in [0.25, 0.3) is 0 Å². The van der Waals surface area contributed by atoms with Crippen molar-refractivity contribution < 1.29 is 13.2 Å². The molecule has 10 heteroatoms. The molecule has 2 aromatic rings. The normalized spacial score (nSPS) is 12.6. The van der Waals surface area contributed by atoms with Gasteiger partial charge >= 0.3 is 0 Å². The van der Waals surface area contributed by atoms with E-state index in [1.54, 1.807) is 30.3 Å². The molecule has 0 saturated heterocycles. The van der Waals surface area contributed by atoms with E-state index in [0.29, 0.717) is 10.8 Å². The molecule has 1 heterocycles. The lowest BCUT2D eigenvalue weighted by Gasteiger charge is -2.27. The molecule has 1 N–H and O–H groups in total. The number of anilines is 2. The van der Waals surface area contributed by atoms with Crippen LogP contribution in [0.4, 0.5) is 10.8 Å². The minimum Gasteiger partial charge on any atom is -0.299 e. The van der Waals surface area contributed by atoms with Crippen molar-refractivity contribution in [3.63, 3.8) is 0 Å². The third-order valence-corrected chi connectivity index (χ3v) is 6.10. The van der Waals surface area contributed by atoms with Crippen molar-refractivity contribution in [2.24, 2.45) is 0 Å². The Bertz CT molecular complexity index is 793. The fourth-order valence-electron chi connectivity index (χ4n) is 2.04. The number of amides is 1. The number of para-hydroxylation sites is 1. The number of nitrogens with one attached hydrogen (secondary N) is 1. The standard InChI is InChI=1S/C14H18N4O3S3/c1-4-22-14-17-16-13(23-14)15-12(19)10(2)18(24(3,20)21)11-8-6-5-7-9-11/h5-10H,4H2,1-3H3,(H,15,16,19). The van der Waals surface area contributed by atoms with Crippen molar-refractivity contribution in [2.45, 2.75) is 24.2 Å². The smallest absolute Gasteiger partial charge is 0.249 e. The van der Waals surface area contributed by atoms with Crippen molar-refractivity contribution in [3.05, 3.63) is 30.3 Å². The molecule has 0 aliphatic rings. The van der Waals surface area contributed by atoms with Crippen LogP contribution in [0.2, 0.25) is 0 Å². The first-order chi connectivity index (χ1) is 11.3. The Morgan fingerprint density at radius 3 is 2.58 bits per heavy atom. The molecule has 1 aromatic carbocycles. The Morgan fingerprint density at radius 1 is 1.33 bits per heavy atom. The topological polar surface area (TPSA) is 92.3 Å². The van der Waals surface area contributed by atoms with E-state index in [4.69, 9.17) is 0 Å². The van der Waals surface area contributed by atoms with Gasteiger partial charge in [0.05, 0.1) is 11.9 Å². The van der Waals surface area contributed by atoms with Crippen LogP contribution in [0.1, 0.15) is 13.8 Å². The minimum atomic E-state index is -3.62. The van der Waals surface area contributed by atoms with Gasteiger partial charge in [-0.1, -0.05) is 48.2 Å². The lowest BCUT2D eigenvalue weighted by molar-refractivity contribution is -0.116. The van der Waals surface area contributed by atoms with Crippen LogP contribution in [-0.4, -0.2) is 42.6 Å². The average Bonchev–Trinajstić information content (AvgIpc) is 2.94. The second-order valence-electron chi connectivity index (χ2n) is 4.87. The molecule has 1 atom stereocenters. The molecule has 7 nitrogen and oxygen atoms in total. The number of rotatable bonds is 7. The number of sulfonamides is 1. The zero-order valence-corrected chi connectivity index (χ0v) is 15.9. The predicted molar refractivity (Wildman–Crippen MR) is 98.2 cm³/mol. The largest absolute Gasteiger partial charge is 0.299 e. The summed E-state index contributed by atoms with van der Waals surface area (Å²) in [4.78, 5) is 12.5. The van der Waals surface area contributed by atoms with E-state index in [-0.39, 0.29) is 0 Å². The predicted octanol–water partition coefficient (Wildman–Crippen LogP) is 2.44. The van der Waals surface area contributed by atoms with Gasteiger partial charge in [-0.15, -0.1) is 10.2 Å². The summed E-state index contributed by atoms with van der Waals surface area (Å²) in [6.07, 6.45) is 1.07. The first kappa shape index (κ1) is 18.7. The number of nitrogens with zero attached hydrogens (tertiary/aromatic N) is 3. The summed E-state index contributed by atoms with van der Waals surface area (Å²) in [5, 5.41) is 10.8. The number of carbonyl (C=O) groups is 1. The zero-order valence-electron chi connectivity index (χ0n) is 13.5. The van der Waals surface area contributed by atoms with Gasteiger partial charge in [0.25, 0.3) is 0 Å². The maximum absolute atomic E-state index is 12.5. The van der Waals surface area contributed by atoms with Crippen LogP contribution in [-0.2, 0) is 14.8 Å². The van der Waals surface area contributed by atoms with Crippen molar-refractivity contribution in [1.82, 2.24) is 10.2 Å². The van der Waals surface area contributed by atoms with Crippen molar-refractivity contribution in [3.8, 4) is 0 Å². The highest BCUT2D eigenvalue weighted by Gasteiger charge is 2.29. The summed E-state index contributed by atoms with van der Waals surface area (Å²) in [6, 6.07) is 7.59. The quantitative estimate of drug-likeness (QED) is 0.580. The van der Waals surface area contributed by atoms with Crippen molar-refractivity contribution in [2.75, 3.05) is 21.6 Å². The second kappa shape index (κ2) is 7.95. The maximum atomic E-state index is 12.5. The monoisotopic (exact) mass is 386 g/mol. The van der Waals surface area contributed by atoms with E-state index in [2.05, 4.69) is 15.5 Å². The van der Waals surface area contributed by atoms with Crippen LogP contribution in [0.5, 0.6) is 0 Å². The molecule has 1 aromatic heterocycles. The lowest BCUT2D eigenvalue weighted by Crippen LogP contribution is -2.45. The van der Waals surface area contributed by atoms with Crippen LogP contribution in [0.3, 0.4) is 0 Å². The molecule has 0 fully saturated rings. The minimum absolute atomic E-state index is 0.351. The molecule has 2 rings (SSSR count). The maximum Gasteiger partial charge on any atom is 0.249 e. The molecular weight excluding hydrogens is 368 g/mol. The highest BCUT2D eigenvalue weighted by atomic mass is 32.2. The molecule has 0 spiro atoms. The summed E-state index contributed by atoms with van der Waals surface area (Å²) in [6.45, 7) is 3.53. The van der Waals surface area contributed by atoms with Gasteiger partial charge in [-0.25, -0.2) is 8.42 Å². The molecule has 1 amide bonds. The van der Waals surface area contributed by atoms with Gasteiger partial charge in [0.1, 0.15) is 6.04 Å². The van der Waals surface area contributed by atoms with Crippen LogP contribution < -0.4 is 9.62 Å². The van der Waals surface area contributed by atoms with Gasteiger partial charge in [-0.05, 0) is 24.8 Å². The van der Waals surface area contributed by atoms with Gasteiger partial charge < -0.3 is 0 Å². The first-order valence-electron chi connectivity index (χ1n) is 7.14. The summed E-state index contributed by atoms with van der Waals surface area (Å²) in [5.41, 5.74) is 0.433. The zero-order chi connectivity index (χ0) is 17.7. The molecule has 130 valence electrons. The summed E-state index contributed by atoms with van der Waals surface area (Å²) in [7, 11) is -3.62. The number of carbonyl (C=O) groups excluding carboxylic acids is 1. The van der Waals surface area contributed by atoms with E-state index in [1.807, 2.05) is 6.92 Å². The molecule has 0 radical (unpaired) electrons. The van der Waals surface area contributed by atoms with Gasteiger partial charge in [-0.2, -0.15) is 0 Å². The van der Waals surface area contributed by atoms with Gasteiger partial charge in [0, 0.05) is 0 Å². The number of hydrogen-bond acceptors (Lipinski definition) is 7. The van der Waals surface area contributed by atoms with Gasteiger partial charge in [0.2, 0.25) is 21.1 Å². The Morgan fingerprint density at radius 2 is 2.00 bits per heavy atom. The second-order valence-corrected chi connectivity index (χ2v) is 9.21. The van der Waals surface area contributed by atoms with Crippen molar-refractivity contribution in [1.29, 1.82) is 0 Å². The van der Waals surface area contributed by atoms with E-state index in [1.165, 1.54) is 30.0 Å². The fourth-order valence-corrected chi connectivity index (χ4v) is 4.86. The third kappa shape index (κ3) is 4.68. The first-order valence-corrected chi connectivity index (χ1v) is 10.8. The Balaban J connectivity index is 2.19. The third-order valence-electron chi connectivity index (χ3n) is 3.00. The molecule has 0 bridgehead atoms. The number of hydrogen-bond donors (Lipinski definition) is 1. The van der Waals surface area contributed by atoms with Gasteiger partial charge in [0.15, 0.2) is 4.34 Å². The highest BCUT2D eigenvalue weighted by molar-refractivity contribution is 8.01. The molecular formula is C14H18N4O3S3. The number of aromatic nitrogens is 2. The Labute approximate surface area is 149 Å². The summed E-state index contributed by atoms with van der Waals surface area (Å²) >= 11 is 2.79. The molecule has 1 unspecified atom stereocenters. The number of thioether (sulfide) groups is 1. The van der Waals surface area contributed by atoms with E-state index in [9.17, 15) is 13.2 Å². The van der Waals surface area contributed by atoms with Crippen LogP contribution in [0.15, 0.2) is 34.7 Å². The SMILES string of the molecule is CCSc1nnc(NC(=O)C(C)N(c2ccccc2)S(C)(=O)=O)s1. The average molecular weight is 387 g/mol. The Hall–Kier alpha value is -1.65. The molecule has 24 heavy (non-hydrogen) atoms. The lowest BCUT2D eigenvalue weighted by atomic mass is 10.2. The molecule has 0 aliphatic heterocycles. The summed E-state index contributed by atoms with van der Waals surface area (Å²) in [5.74, 6) is 0.392. The summed E-state index contributed by atoms with van der Waals surface area (Å²) < 4.78 is 26.1. The van der Waals surface area contributed by atoms with E-state index in [0.717, 1.165) is 20.7 Å². The fraction of sp³-hybridized carbons (Fsp3) is 0.357. The van der Waals surface area contributed by atoms with E-state index >= 15 is 0 Å². The van der Waals surface area contributed by atoms with Crippen molar-refractivity contribution >= 4 is 49.8 Å². The van der Waals surface area contributed by atoms with Crippen LogP contribution >= 0.6 is 23.1 Å². The molecule has 0 saturated carbocycles. The molecule has 0 aliphatic carbocycles. The highest BCUT2D eigenvalue weighted by Crippen LogP contribution is 2.26. The van der Waals surface area contributed by atoms with Gasteiger partial charge in [-0.3, -0.25) is 14.4 Å². The number of benzene rings is 1.